The van der Waals surface area contributed by atoms with Crippen LogP contribution in [0, 0.1) is 0 Å². The molecule has 7 heteroatoms. The maximum absolute atomic E-state index is 12.6. The van der Waals surface area contributed by atoms with Crippen LogP contribution in [0.5, 0.6) is 0 Å². The predicted molar refractivity (Wildman–Crippen MR) is 65.2 cm³/mol. The summed E-state index contributed by atoms with van der Waals surface area (Å²) in [6, 6.07) is 3.11. The van der Waals surface area contributed by atoms with Crippen LogP contribution < -0.4 is 0 Å². The number of rotatable bonds is 2. The summed E-state index contributed by atoms with van der Waals surface area (Å²) in [5, 5.41) is 10.1. The number of benzene rings is 1. The predicted octanol–water partition coefficient (Wildman–Crippen LogP) is 3.34. The number of halogens is 4. The first-order valence-corrected chi connectivity index (χ1v) is 5.98. The lowest BCUT2D eigenvalue weighted by atomic mass is 10.0. The molecule has 1 aromatic heterocycles. The van der Waals surface area contributed by atoms with Crippen molar-refractivity contribution >= 4 is 15.9 Å². The molecule has 0 bridgehead atoms. The second-order valence-corrected chi connectivity index (χ2v) is 4.66. The van der Waals surface area contributed by atoms with E-state index in [-0.39, 0.29) is 5.56 Å². The van der Waals surface area contributed by atoms with Gasteiger partial charge in [0.2, 0.25) is 0 Å². The Morgan fingerprint density at radius 2 is 1.79 bits per heavy atom. The molecule has 3 nitrogen and oxygen atoms in total. The van der Waals surface area contributed by atoms with Crippen LogP contribution in [-0.2, 0) is 6.18 Å². The van der Waals surface area contributed by atoms with Gasteiger partial charge in [0.1, 0.15) is 12.4 Å². The van der Waals surface area contributed by atoms with Crippen molar-refractivity contribution < 1.29 is 18.3 Å². The van der Waals surface area contributed by atoms with Crippen molar-refractivity contribution in [1.29, 1.82) is 0 Å². The topological polar surface area (TPSA) is 46.0 Å². The van der Waals surface area contributed by atoms with Crippen LogP contribution in [0.15, 0.2) is 41.4 Å². The first kappa shape index (κ1) is 14.0. The lowest BCUT2D eigenvalue weighted by molar-refractivity contribution is -0.137. The number of aromatic nitrogens is 2. The lowest BCUT2D eigenvalue weighted by Gasteiger charge is -2.15. The lowest BCUT2D eigenvalue weighted by Crippen LogP contribution is -2.08. The SMILES string of the molecule is OC(c1cncnc1)c1cc(C(F)(F)F)ccc1Br. The van der Waals surface area contributed by atoms with E-state index in [1.807, 2.05) is 0 Å². The average Bonchev–Trinajstić information content (AvgIpc) is 2.38. The summed E-state index contributed by atoms with van der Waals surface area (Å²) in [5.74, 6) is 0. The Hall–Kier alpha value is -1.47. The van der Waals surface area contributed by atoms with E-state index in [4.69, 9.17) is 0 Å². The molecule has 0 amide bonds. The third-order valence-corrected chi connectivity index (χ3v) is 3.24. The van der Waals surface area contributed by atoms with Gasteiger partial charge in [-0.1, -0.05) is 15.9 Å². The fraction of sp³-hybridized carbons (Fsp3) is 0.167. The number of nitrogens with zero attached hydrogens (tertiary/aromatic N) is 2. The molecular weight excluding hydrogens is 325 g/mol. The quantitative estimate of drug-likeness (QED) is 0.917. The molecule has 1 heterocycles. The summed E-state index contributed by atoms with van der Waals surface area (Å²) in [6.07, 6.45) is -1.70. The van der Waals surface area contributed by atoms with Crippen molar-refractivity contribution in [2.24, 2.45) is 0 Å². The van der Waals surface area contributed by atoms with E-state index >= 15 is 0 Å². The molecule has 0 spiro atoms. The van der Waals surface area contributed by atoms with E-state index in [0.29, 0.717) is 10.0 Å². The second kappa shape index (κ2) is 5.26. The maximum atomic E-state index is 12.6. The number of alkyl halides is 3. The molecule has 1 unspecified atom stereocenters. The van der Waals surface area contributed by atoms with Gasteiger partial charge in [-0.2, -0.15) is 13.2 Å². The molecule has 0 radical (unpaired) electrons. The van der Waals surface area contributed by atoms with Crippen molar-refractivity contribution in [2.75, 3.05) is 0 Å². The van der Waals surface area contributed by atoms with Gasteiger partial charge in [0.15, 0.2) is 0 Å². The molecule has 0 aliphatic carbocycles. The molecular formula is C12H8BrF3N2O. The van der Waals surface area contributed by atoms with Gasteiger partial charge in [0, 0.05) is 22.4 Å². The molecule has 1 atom stereocenters. The first-order chi connectivity index (χ1) is 8.89. The molecule has 1 N–H and O–H groups in total. The summed E-state index contributed by atoms with van der Waals surface area (Å²) in [4.78, 5) is 7.45. The molecule has 100 valence electrons. The van der Waals surface area contributed by atoms with Gasteiger partial charge in [-0.3, -0.25) is 0 Å². The van der Waals surface area contributed by atoms with Crippen LogP contribution in [0.3, 0.4) is 0 Å². The van der Waals surface area contributed by atoms with E-state index in [9.17, 15) is 18.3 Å². The number of hydrogen-bond donors (Lipinski definition) is 1. The molecule has 0 saturated heterocycles. The molecule has 2 rings (SSSR count). The summed E-state index contributed by atoms with van der Waals surface area (Å²) in [7, 11) is 0. The minimum atomic E-state index is -4.46. The van der Waals surface area contributed by atoms with Crippen molar-refractivity contribution in [3.8, 4) is 0 Å². The average molecular weight is 333 g/mol. The Kier molecular flexibility index (Phi) is 3.86. The van der Waals surface area contributed by atoms with Gasteiger partial charge in [-0.15, -0.1) is 0 Å². The molecule has 1 aromatic carbocycles. The summed E-state index contributed by atoms with van der Waals surface area (Å²) < 4.78 is 38.3. The van der Waals surface area contributed by atoms with Crippen molar-refractivity contribution in [1.82, 2.24) is 9.97 Å². The number of aliphatic hydroxyl groups excluding tert-OH is 1. The van der Waals surface area contributed by atoms with Gasteiger partial charge < -0.3 is 5.11 Å². The zero-order chi connectivity index (χ0) is 14.0. The van der Waals surface area contributed by atoms with E-state index in [1.165, 1.54) is 24.8 Å². The van der Waals surface area contributed by atoms with Crippen molar-refractivity contribution in [2.45, 2.75) is 12.3 Å². The van der Waals surface area contributed by atoms with Crippen LogP contribution in [0.25, 0.3) is 0 Å². The minimum absolute atomic E-state index is 0.115. The number of hydrogen-bond acceptors (Lipinski definition) is 3. The zero-order valence-corrected chi connectivity index (χ0v) is 11.0. The molecule has 0 fully saturated rings. The van der Waals surface area contributed by atoms with E-state index in [0.717, 1.165) is 12.1 Å². The maximum Gasteiger partial charge on any atom is 0.416 e. The molecule has 0 aliphatic heterocycles. The van der Waals surface area contributed by atoms with E-state index < -0.39 is 17.8 Å². The van der Waals surface area contributed by atoms with Gasteiger partial charge in [0.05, 0.1) is 5.56 Å². The highest BCUT2D eigenvalue weighted by Gasteiger charge is 2.31. The minimum Gasteiger partial charge on any atom is -0.383 e. The second-order valence-electron chi connectivity index (χ2n) is 3.81. The van der Waals surface area contributed by atoms with Gasteiger partial charge >= 0.3 is 6.18 Å². The molecule has 0 aliphatic rings. The van der Waals surface area contributed by atoms with Crippen LogP contribution >= 0.6 is 15.9 Å². The summed E-state index contributed by atoms with van der Waals surface area (Å²) in [5.41, 5.74) is -0.381. The Bertz CT molecular complexity index is 575. The normalized spacial score (nSPS) is 13.3. The molecule has 19 heavy (non-hydrogen) atoms. The third kappa shape index (κ3) is 3.10. The smallest absolute Gasteiger partial charge is 0.383 e. The van der Waals surface area contributed by atoms with Crippen LogP contribution in [0.4, 0.5) is 13.2 Å². The highest BCUT2D eigenvalue weighted by molar-refractivity contribution is 9.10. The monoisotopic (exact) mass is 332 g/mol. The van der Waals surface area contributed by atoms with E-state index in [2.05, 4.69) is 25.9 Å². The Labute approximate surface area is 115 Å². The van der Waals surface area contributed by atoms with Gasteiger partial charge in [0.25, 0.3) is 0 Å². The Balaban J connectivity index is 2.45. The first-order valence-electron chi connectivity index (χ1n) is 5.19. The van der Waals surface area contributed by atoms with Crippen molar-refractivity contribution in [3.05, 3.63) is 58.1 Å². The Morgan fingerprint density at radius 1 is 1.16 bits per heavy atom. The highest BCUT2D eigenvalue weighted by Crippen LogP contribution is 2.35. The molecule has 2 aromatic rings. The van der Waals surface area contributed by atoms with Crippen LogP contribution in [-0.4, -0.2) is 15.1 Å². The standard InChI is InChI=1S/C12H8BrF3N2O/c13-10-2-1-8(12(14,15)16)3-9(10)11(19)7-4-17-6-18-5-7/h1-6,11,19H. The fourth-order valence-corrected chi connectivity index (χ4v) is 2.02. The van der Waals surface area contributed by atoms with E-state index in [1.54, 1.807) is 0 Å². The zero-order valence-electron chi connectivity index (χ0n) is 9.39. The summed E-state index contributed by atoms with van der Waals surface area (Å²) >= 11 is 3.13. The van der Waals surface area contributed by atoms with Crippen LogP contribution in [0.2, 0.25) is 0 Å². The number of aliphatic hydroxyl groups is 1. The largest absolute Gasteiger partial charge is 0.416 e. The molecule has 0 saturated carbocycles. The van der Waals surface area contributed by atoms with Gasteiger partial charge in [-0.05, 0) is 23.8 Å². The Morgan fingerprint density at radius 3 is 2.37 bits per heavy atom. The highest BCUT2D eigenvalue weighted by atomic mass is 79.9. The summed E-state index contributed by atoms with van der Waals surface area (Å²) in [6.45, 7) is 0. The fourth-order valence-electron chi connectivity index (χ4n) is 1.56. The van der Waals surface area contributed by atoms with Gasteiger partial charge in [-0.25, -0.2) is 9.97 Å². The van der Waals surface area contributed by atoms with Crippen molar-refractivity contribution in [3.63, 3.8) is 0 Å². The third-order valence-electron chi connectivity index (χ3n) is 2.51. The van der Waals surface area contributed by atoms with Crippen LogP contribution in [0.1, 0.15) is 22.8 Å².